The van der Waals surface area contributed by atoms with Crippen LogP contribution in [0.2, 0.25) is 5.15 Å². The van der Waals surface area contributed by atoms with Crippen LogP contribution >= 0.6 is 23.4 Å². The summed E-state index contributed by atoms with van der Waals surface area (Å²) in [5.41, 5.74) is 3.02. The number of halogens is 1. The zero-order valence-electron chi connectivity index (χ0n) is 10.4. The third-order valence-electron chi connectivity index (χ3n) is 2.29. The van der Waals surface area contributed by atoms with Gasteiger partial charge in [-0.25, -0.2) is 9.66 Å². The molecule has 2 aromatic heterocycles. The number of hydrogen-bond acceptors (Lipinski definition) is 5. The molecule has 2 rings (SSSR count). The van der Waals surface area contributed by atoms with Crippen LogP contribution in [0.3, 0.4) is 0 Å². The van der Waals surface area contributed by atoms with Gasteiger partial charge >= 0.3 is 0 Å². The fourth-order valence-corrected chi connectivity index (χ4v) is 2.28. The largest absolute Gasteiger partial charge is 0.273 e. The van der Waals surface area contributed by atoms with Crippen LogP contribution < -0.4 is 5.43 Å². The Morgan fingerprint density at radius 2 is 2.32 bits per heavy atom. The highest BCUT2D eigenvalue weighted by atomic mass is 35.5. The van der Waals surface area contributed by atoms with Gasteiger partial charge in [-0.1, -0.05) is 30.3 Å². The maximum atomic E-state index is 12.1. The van der Waals surface area contributed by atoms with E-state index in [-0.39, 0.29) is 11.1 Å². The number of nitrogens with zero attached hydrogens (tertiary/aromatic N) is 4. The molecule has 0 bridgehead atoms. The first-order valence-corrected chi connectivity index (χ1v) is 6.96. The van der Waals surface area contributed by atoms with Crippen molar-refractivity contribution >= 4 is 29.3 Å². The number of pyridine rings is 1. The summed E-state index contributed by atoms with van der Waals surface area (Å²) in [5.74, 6) is 1.09. The fourth-order valence-electron chi connectivity index (χ4n) is 1.41. The first-order valence-electron chi connectivity index (χ1n) is 5.60. The fraction of sp³-hybridized carbons (Fsp3) is 0.273. The van der Waals surface area contributed by atoms with Gasteiger partial charge in [0.05, 0.1) is 5.56 Å². The first-order chi connectivity index (χ1) is 9.13. The highest BCUT2D eigenvalue weighted by Crippen LogP contribution is 2.16. The molecular formula is C11H12ClN5OS. The minimum atomic E-state index is -0.348. The molecule has 0 saturated carbocycles. The van der Waals surface area contributed by atoms with Gasteiger partial charge in [0.15, 0.2) is 0 Å². The van der Waals surface area contributed by atoms with E-state index in [0.717, 1.165) is 5.75 Å². The van der Waals surface area contributed by atoms with Gasteiger partial charge in [-0.3, -0.25) is 10.2 Å². The van der Waals surface area contributed by atoms with Gasteiger partial charge in [-0.2, -0.15) is 0 Å². The van der Waals surface area contributed by atoms with Crippen molar-refractivity contribution in [1.82, 2.24) is 19.9 Å². The second-order valence-electron chi connectivity index (χ2n) is 3.58. The van der Waals surface area contributed by atoms with Crippen molar-refractivity contribution in [2.24, 2.45) is 0 Å². The molecular weight excluding hydrogens is 286 g/mol. The van der Waals surface area contributed by atoms with E-state index >= 15 is 0 Å². The summed E-state index contributed by atoms with van der Waals surface area (Å²) in [6.07, 6.45) is 1.53. The zero-order chi connectivity index (χ0) is 13.8. The molecule has 0 saturated heterocycles. The van der Waals surface area contributed by atoms with Gasteiger partial charge in [-0.15, -0.1) is 10.2 Å². The second-order valence-corrected chi connectivity index (χ2v) is 5.17. The molecule has 1 amide bonds. The number of carbonyl (C=O) groups is 1. The summed E-state index contributed by atoms with van der Waals surface area (Å²) in [5, 5.41) is 8.72. The summed E-state index contributed by atoms with van der Waals surface area (Å²) in [4.78, 5) is 16.0. The topological polar surface area (TPSA) is 72.7 Å². The van der Waals surface area contributed by atoms with E-state index in [4.69, 9.17) is 11.6 Å². The van der Waals surface area contributed by atoms with E-state index in [1.54, 1.807) is 23.7 Å². The van der Waals surface area contributed by atoms with E-state index in [1.807, 2.05) is 6.92 Å². The molecule has 19 heavy (non-hydrogen) atoms. The molecule has 8 heteroatoms. The predicted octanol–water partition coefficient (Wildman–Crippen LogP) is 2.13. The summed E-state index contributed by atoms with van der Waals surface area (Å²) >= 11 is 7.37. The molecule has 100 valence electrons. The standard InChI is InChI=1S/C11H12ClN5OS/c1-3-19-11-15-14-7(2)17(11)16-10(18)8-5-4-6-13-9(8)12/h4-6H,3H2,1-2H3,(H,16,18). The lowest BCUT2D eigenvalue weighted by atomic mass is 10.3. The smallest absolute Gasteiger partial charge is 0.267 e. The van der Waals surface area contributed by atoms with Crippen LogP contribution in [0, 0.1) is 6.92 Å². The molecule has 0 unspecified atom stereocenters. The number of aromatic nitrogens is 4. The van der Waals surface area contributed by atoms with Gasteiger partial charge in [0.1, 0.15) is 11.0 Å². The van der Waals surface area contributed by atoms with Gasteiger partial charge < -0.3 is 0 Å². The molecule has 0 spiro atoms. The molecule has 0 atom stereocenters. The molecule has 6 nitrogen and oxygen atoms in total. The number of rotatable bonds is 4. The second kappa shape index (κ2) is 6.03. The molecule has 2 heterocycles. The molecule has 0 fully saturated rings. The maximum absolute atomic E-state index is 12.1. The van der Waals surface area contributed by atoms with Crippen molar-refractivity contribution < 1.29 is 4.79 Å². The van der Waals surface area contributed by atoms with Crippen LogP contribution in [0.1, 0.15) is 23.1 Å². The van der Waals surface area contributed by atoms with Crippen LogP contribution in [0.15, 0.2) is 23.5 Å². The number of hydrogen-bond donors (Lipinski definition) is 1. The average Bonchev–Trinajstić information content (AvgIpc) is 2.72. The summed E-state index contributed by atoms with van der Waals surface area (Å²) in [7, 11) is 0. The molecule has 2 aromatic rings. The van der Waals surface area contributed by atoms with Crippen molar-refractivity contribution in [3.8, 4) is 0 Å². The van der Waals surface area contributed by atoms with Gasteiger partial charge in [0.2, 0.25) is 5.16 Å². The summed E-state index contributed by atoms with van der Waals surface area (Å²) < 4.78 is 1.54. The normalized spacial score (nSPS) is 10.5. The quantitative estimate of drug-likeness (QED) is 0.691. The van der Waals surface area contributed by atoms with E-state index < -0.39 is 0 Å². The Kier molecular flexibility index (Phi) is 4.39. The monoisotopic (exact) mass is 297 g/mol. The van der Waals surface area contributed by atoms with Crippen molar-refractivity contribution in [3.63, 3.8) is 0 Å². The number of nitrogens with one attached hydrogen (secondary N) is 1. The molecule has 0 aromatic carbocycles. The van der Waals surface area contributed by atoms with E-state index in [9.17, 15) is 4.79 Å². The Labute approximate surface area is 119 Å². The van der Waals surface area contributed by atoms with Crippen LogP contribution in [0.25, 0.3) is 0 Å². The number of amides is 1. The van der Waals surface area contributed by atoms with Crippen molar-refractivity contribution in [2.75, 3.05) is 11.2 Å². The van der Waals surface area contributed by atoms with Crippen molar-refractivity contribution in [2.45, 2.75) is 19.0 Å². The van der Waals surface area contributed by atoms with Crippen molar-refractivity contribution in [1.29, 1.82) is 0 Å². The lowest BCUT2D eigenvalue weighted by Crippen LogP contribution is -2.25. The number of carbonyl (C=O) groups excluding carboxylic acids is 1. The van der Waals surface area contributed by atoms with Gasteiger partial charge in [0, 0.05) is 6.20 Å². The Bertz CT molecular complexity index is 601. The highest BCUT2D eigenvalue weighted by Gasteiger charge is 2.15. The van der Waals surface area contributed by atoms with Crippen LogP contribution in [-0.2, 0) is 0 Å². The molecule has 1 N–H and O–H groups in total. The van der Waals surface area contributed by atoms with Crippen LogP contribution in [-0.4, -0.2) is 31.5 Å². The Morgan fingerprint density at radius 1 is 1.53 bits per heavy atom. The minimum absolute atomic E-state index is 0.162. The Hall–Kier alpha value is -1.60. The van der Waals surface area contributed by atoms with Crippen LogP contribution in [0.4, 0.5) is 0 Å². The minimum Gasteiger partial charge on any atom is -0.267 e. The van der Waals surface area contributed by atoms with E-state index in [1.165, 1.54) is 18.0 Å². The van der Waals surface area contributed by atoms with Gasteiger partial charge in [-0.05, 0) is 24.8 Å². The molecule has 0 aliphatic heterocycles. The van der Waals surface area contributed by atoms with Crippen LogP contribution in [0.5, 0.6) is 0 Å². The number of thioether (sulfide) groups is 1. The summed E-state index contributed by atoms with van der Waals surface area (Å²) in [6, 6.07) is 3.26. The van der Waals surface area contributed by atoms with E-state index in [0.29, 0.717) is 16.5 Å². The summed E-state index contributed by atoms with van der Waals surface area (Å²) in [6.45, 7) is 3.76. The Balaban J connectivity index is 2.24. The molecule has 0 aliphatic carbocycles. The van der Waals surface area contributed by atoms with Crippen molar-refractivity contribution in [3.05, 3.63) is 34.9 Å². The lowest BCUT2D eigenvalue weighted by Gasteiger charge is -2.09. The zero-order valence-corrected chi connectivity index (χ0v) is 12.0. The SMILES string of the molecule is CCSc1nnc(C)n1NC(=O)c1cccnc1Cl. The highest BCUT2D eigenvalue weighted by molar-refractivity contribution is 7.99. The van der Waals surface area contributed by atoms with E-state index in [2.05, 4.69) is 20.6 Å². The third-order valence-corrected chi connectivity index (χ3v) is 3.40. The Morgan fingerprint density at radius 3 is 3.00 bits per heavy atom. The molecule has 0 aliphatic rings. The lowest BCUT2D eigenvalue weighted by molar-refractivity contribution is 0.100. The molecule has 0 radical (unpaired) electrons. The number of aryl methyl sites for hydroxylation is 1. The maximum Gasteiger partial charge on any atom is 0.273 e. The third kappa shape index (κ3) is 3.05. The average molecular weight is 298 g/mol. The first kappa shape index (κ1) is 13.8. The predicted molar refractivity (Wildman–Crippen MR) is 74.1 cm³/mol. The van der Waals surface area contributed by atoms with Gasteiger partial charge in [0.25, 0.3) is 5.91 Å².